The van der Waals surface area contributed by atoms with E-state index in [1.165, 1.54) is 19.2 Å². The zero-order valence-corrected chi connectivity index (χ0v) is 19.0. The predicted molar refractivity (Wildman–Crippen MR) is 120 cm³/mol. The van der Waals surface area contributed by atoms with Crippen molar-refractivity contribution < 1.29 is 28.3 Å². The number of benzene rings is 1. The second-order valence-electron chi connectivity index (χ2n) is 7.91. The van der Waals surface area contributed by atoms with Crippen LogP contribution in [0, 0.1) is 5.82 Å². The topological polar surface area (TPSA) is 125 Å². The lowest BCUT2D eigenvalue weighted by molar-refractivity contribution is -0.144. The number of hydrogen-bond donors (Lipinski definition) is 0. The quantitative estimate of drug-likeness (QED) is 0.483. The van der Waals surface area contributed by atoms with Gasteiger partial charge in [0.05, 0.1) is 12.8 Å². The van der Waals surface area contributed by atoms with Gasteiger partial charge in [-0.3, -0.25) is 14.3 Å². The molecule has 186 valence electrons. The van der Waals surface area contributed by atoms with Gasteiger partial charge < -0.3 is 19.2 Å². The van der Waals surface area contributed by atoms with Crippen LogP contribution in [0.1, 0.15) is 12.1 Å². The van der Waals surface area contributed by atoms with Crippen molar-refractivity contribution >= 4 is 17.6 Å². The number of halogens is 1. The molecule has 1 saturated heterocycles. The molecular weight excluding hydrogens is 465 g/mol. The van der Waals surface area contributed by atoms with Crippen LogP contribution < -0.4 is 25.7 Å². The highest BCUT2D eigenvalue weighted by molar-refractivity contribution is 5.91. The number of fused-ring (bicyclic) bond motifs is 2. The first-order valence-corrected chi connectivity index (χ1v) is 11.0. The van der Waals surface area contributed by atoms with Gasteiger partial charge in [0.15, 0.2) is 5.69 Å². The number of carbonyl (C=O) groups excluding carboxylic acids is 2. The van der Waals surface area contributed by atoms with Crippen LogP contribution in [-0.4, -0.2) is 71.2 Å². The molecule has 0 radical (unpaired) electrons. The number of esters is 1. The Labute approximate surface area is 198 Å². The van der Waals surface area contributed by atoms with Crippen LogP contribution in [0.3, 0.4) is 0 Å². The van der Waals surface area contributed by atoms with Crippen LogP contribution in [0.2, 0.25) is 0 Å². The number of carbonyl (C=O) groups is 2. The molecule has 0 saturated carbocycles. The van der Waals surface area contributed by atoms with Gasteiger partial charge in [0.2, 0.25) is 0 Å². The van der Waals surface area contributed by atoms with E-state index in [0.29, 0.717) is 36.6 Å². The number of aromatic nitrogens is 3. The molecule has 4 rings (SSSR count). The van der Waals surface area contributed by atoms with Gasteiger partial charge in [0.25, 0.3) is 5.56 Å². The zero-order valence-electron chi connectivity index (χ0n) is 19.0. The average molecular weight is 489 g/mol. The maximum absolute atomic E-state index is 13.5. The van der Waals surface area contributed by atoms with Crippen molar-refractivity contribution in [3.05, 3.63) is 62.7 Å². The lowest BCUT2D eigenvalue weighted by Gasteiger charge is -2.36. The Morgan fingerprint density at radius 2 is 1.77 bits per heavy atom. The minimum Gasteiger partial charge on any atom is -0.494 e. The fourth-order valence-corrected chi connectivity index (χ4v) is 3.91. The van der Waals surface area contributed by atoms with E-state index < -0.39 is 29.8 Å². The second kappa shape index (κ2) is 10.5. The van der Waals surface area contributed by atoms with Crippen molar-refractivity contribution in [2.75, 3.05) is 44.7 Å². The van der Waals surface area contributed by atoms with E-state index >= 15 is 0 Å². The Morgan fingerprint density at radius 3 is 2.51 bits per heavy atom. The second-order valence-corrected chi connectivity index (χ2v) is 7.91. The van der Waals surface area contributed by atoms with E-state index in [-0.39, 0.29) is 18.1 Å². The predicted octanol–water partition coefficient (Wildman–Crippen LogP) is -0.667. The molecule has 12 nitrogen and oxygen atoms in total. The average Bonchev–Trinajstić information content (AvgIpc) is 2.86. The molecule has 3 heterocycles. The smallest absolute Gasteiger partial charge is 0.382 e. The molecule has 2 aliphatic rings. The third-order valence-corrected chi connectivity index (χ3v) is 5.69. The lowest BCUT2D eigenvalue weighted by atomic mass is 10.2. The van der Waals surface area contributed by atoms with Gasteiger partial charge in [-0.1, -0.05) is 0 Å². The molecule has 0 N–H and O–H groups in total. The Bertz CT molecular complexity index is 1260. The standard InChI is InChI=1S/C22H24FN5O7/c1-33-18-13-15(23)3-4-17(18)26-11-9-25(10-12-26)7-2-8-27-21(31)16-14-34-19(29)5-6-20(30)35-28(24-16)22(27)32/h3-6,13H,2,7-12,14H2,1H3/b6-5+. The van der Waals surface area contributed by atoms with Gasteiger partial charge in [-0.05, 0) is 29.9 Å². The molecule has 2 bridgehead atoms. The van der Waals surface area contributed by atoms with Crippen LogP contribution in [0.5, 0.6) is 5.75 Å². The molecule has 0 unspecified atom stereocenters. The van der Waals surface area contributed by atoms with Crippen LogP contribution >= 0.6 is 0 Å². The number of hydrogen-bond acceptors (Lipinski definition) is 10. The zero-order chi connectivity index (χ0) is 24.9. The largest absolute Gasteiger partial charge is 0.494 e. The van der Waals surface area contributed by atoms with E-state index in [4.69, 9.17) is 14.3 Å². The van der Waals surface area contributed by atoms with Crippen LogP contribution in [0.15, 0.2) is 39.9 Å². The highest BCUT2D eigenvalue weighted by atomic mass is 19.1. The Balaban J connectivity index is 1.39. The molecule has 0 aliphatic carbocycles. The van der Waals surface area contributed by atoms with Gasteiger partial charge in [-0.2, -0.15) is 0 Å². The van der Waals surface area contributed by atoms with Crippen molar-refractivity contribution in [2.24, 2.45) is 0 Å². The summed E-state index contributed by atoms with van der Waals surface area (Å²) in [6, 6.07) is 4.45. The summed E-state index contributed by atoms with van der Waals surface area (Å²) in [6.07, 6.45) is 2.11. The van der Waals surface area contributed by atoms with E-state index in [0.717, 1.165) is 35.5 Å². The number of cyclic esters (lactones) is 1. The number of ether oxygens (including phenoxy) is 2. The lowest BCUT2D eigenvalue weighted by Crippen LogP contribution is -2.48. The summed E-state index contributed by atoms with van der Waals surface area (Å²) in [7, 11) is 1.50. The number of rotatable bonds is 6. The van der Waals surface area contributed by atoms with Gasteiger partial charge in [0.1, 0.15) is 18.2 Å². The minimum atomic E-state index is -1.01. The number of piperazine rings is 1. The van der Waals surface area contributed by atoms with Gasteiger partial charge >= 0.3 is 17.6 Å². The number of methoxy groups -OCH3 is 1. The van der Waals surface area contributed by atoms with E-state index in [9.17, 15) is 23.6 Å². The number of nitrogens with zero attached hydrogens (tertiary/aromatic N) is 5. The van der Waals surface area contributed by atoms with E-state index in [2.05, 4.69) is 14.9 Å². The van der Waals surface area contributed by atoms with Crippen molar-refractivity contribution in [3.8, 4) is 5.75 Å². The molecule has 2 aromatic rings. The maximum atomic E-state index is 13.5. The fourth-order valence-electron chi connectivity index (χ4n) is 3.91. The van der Waals surface area contributed by atoms with Gasteiger partial charge in [0, 0.05) is 50.9 Å². The molecule has 0 atom stereocenters. The molecule has 1 aromatic heterocycles. The highest BCUT2D eigenvalue weighted by Gasteiger charge is 2.21. The summed E-state index contributed by atoms with van der Waals surface area (Å²) in [5.74, 6) is -1.74. The summed E-state index contributed by atoms with van der Waals surface area (Å²) < 4.78 is 24.6. The van der Waals surface area contributed by atoms with Gasteiger partial charge in [-0.25, -0.2) is 18.8 Å². The summed E-state index contributed by atoms with van der Waals surface area (Å²) in [5.41, 5.74) is -1.03. The first kappa shape index (κ1) is 24.1. The Kier molecular flexibility index (Phi) is 7.25. The van der Waals surface area contributed by atoms with Gasteiger partial charge in [-0.15, -0.1) is 5.10 Å². The number of anilines is 1. The van der Waals surface area contributed by atoms with Crippen LogP contribution in [0.25, 0.3) is 0 Å². The highest BCUT2D eigenvalue weighted by Crippen LogP contribution is 2.29. The van der Waals surface area contributed by atoms with Crippen molar-refractivity contribution in [1.29, 1.82) is 0 Å². The summed E-state index contributed by atoms with van der Waals surface area (Å²) in [4.78, 5) is 58.2. The molecule has 13 heteroatoms. The summed E-state index contributed by atoms with van der Waals surface area (Å²) in [6.45, 7) is 3.04. The molecule has 35 heavy (non-hydrogen) atoms. The first-order chi connectivity index (χ1) is 16.9. The molecule has 1 aromatic carbocycles. The van der Waals surface area contributed by atoms with Crippen molar-refractivity contribution in [2.45, 2.75) is 19.6 Å². The van der Waals surface area contributed by atoms with Crippen LogP contribution in [-0.2, 0) is 27.5 Å². The molecule has 1 fully saturated rings. The van der Waals surface area contributed by atoms with Crippen molar-refractivity contribution in [1.82, 2.24) is 19.4 Å². The third-order valence-electron chi connectivity index (χ3n) is 5.69. The summed E-state index contributed by atoms with van der Waals surface area (Å²) in [5, 5.41) is 3.70. The monoisotopic (exact) mass is 489 g/mol. The van der Waals surface area contributed by atoms with E-state index in [1.54, 1.807) is 6.07 Å². The first-order valence-electron chi connectivity index (χ1n) is 11.0. The Morgan fingerprint density at radius 1 is 1.03 bits per heavy atom. The normalized spacial score (nSPS) is 17.5. The molecule has 2 aliphatic heterocycles. The Hall–Kier alpha value is -4.00. The molecule has 0 amide bonds. The van der Waals surface area contributed by atoms with Crippen LogP contribution in [0.4, 0.5) is 10.1 Å². The minimum absolute atomic E-state index is 0.0561. The molecule has 0 spiro atoms. The van der Waals surface area contributed by atoms with E-state index in [1.807, 2.05) is 0 Å². The third kappa shape index (κ3) is 5.57. The molecular formula is C22H24FN5O7. The summed E-state index contributed by atoms with van der Waals surface area (Å²) >= 11 is 0. The SMILES string of the molecule is COc1cc(F)ccc1N1CCN(CCCn2c(=O)c3nn(c2=O)OC(=O)/C=C/C(=O)OC3)CC1. The fraction of sp³-hybridized carbons (Fsp3) is 0.409. The van der Waals surface area contributed by atoms with Crippen molar-refractivity contribution in [3.63, 3.8) is 0 Å². The maximum Gasteiger partial charge on any atom is 0.382 e.